The summed E-state index contributed by atoms with van der Waals surface area (Å²) >= 11 is 0. The smallest absolute Gasteiger partial charge is 0.251 e. The summed E-state index contributed by atoms with van der Waals surface area (Å²) in [5.74, 6) is 0.362. The molecule has 4 aliphatic heterocycles. The van der Waals surface area contributed by atoms with Crippen molar-refractivity contribution in [3.63, 3.8) is 0 Å². The van der Waals surface area contributed by atoms with E-state index in [-0.39, 0.29) is 24.5 Å². The Morgan fingerprint density at radius 2 is 1.88 bits per heavy atom. The summed E-state index contributed by atoms with van der Waals surface area (Å²) in [7, 11) is 1.75. The Morgan fingerprint density at radius 1 is 1.19 bits per heavy atom. The van der Waals surface area contributed by atoms with E-state index in [0.717, 1.165) is 43.6 Å². The van der Waals surface area contributed by atoms with Gasteiger partial charge < -0.3 is 19.9 Å². The summed E-state index contributed by atoms with van der Waals surface area (Å²) in [6.45, 7) is 5.18. The molecule has 6 heteroatoms. The van der Waals surface area contributed by atoms with Gasteiger partial charge in [-0.05, 0) is 44.3 Å². The molecule has 2 bridgehead atoms. The SMILES string of the molecule is Cc1ccc(C2C(C(=O)NC3CN4CCC3CC4)OCC(=O)N2C)cc1. The highest BCUT2D eigenvalue weighted by atomic mass is 16.5. The zero-order chi connectivity index (χ0) is 18.3. The first-order valence-corrected chi connectivity index (χ1v) is 9.49. The topological polar surface area (TPSA) is 61.9 Å². The maximum absolute atomic E-state index is 13.1. The van der Waals surface area contributed by atoms with Gasteiger partial charge in [-0.1, -0.05) is 29.8 Å². The molecule has 6 nitrogen and oxygen atoms in total. The second kappa shape index (κ2) is 7.00. The molecule has 0 aliphatic carbocycles. The number of morpholine rings is 1. The number of aryl methyl sites for hydroxylation is 1. The number of carbonyl (C=O) groups is 2. The minimum absolute atomic E-state index is 0.0445. The molecule has 5 rings (SSSR count). The number of carbonyl (C=O) groups excluding carboxylic acids is 2. The number of piperidine rings is 3. The fourth-order valence-electron chi connectivity index (χ4n) is 4.49. The number of hydrogen-bond acceptors (Lipinski definition) is 4. The summed E-state index contributed by atoms with van der Waals surface area (Å²) < 4.78 is 5.72. The highest BCUT2D eigenvalue weighted by Gasteiger charge is 2.42. The van der Waals surface area contributed by atoms with Crippen molar-refractivity contribution in [1.82, 2.24) is 15.1 Å². The summed E-state index contributed by atoms with van der Waals surface area (Å²) in [5.41, 5.74) is 2.08. The molecule has 4 saturated heterocycles. The van der Waals surface area contributed by atoms with Crippen molar-refractivity contribution >= 4 is 11.8 Å². The quantitative estimate of drug-likeness (QED) is 0.880. The van der Waals surface area contributed by atoms with Crippen LogP contribution >= 0.6 is 0 Å². The standard InChI is InChI=1S/C20H27N3O3/c1-13-3-5-15(6-4-13)18-19(26-12-17(24)22(18)2)20(25)21-16-11-23-9-7-14(16)8-10-23/h3-6,14,16,18-19H,7-12H2,1-2H3,(H,21,25). The molecule has 0 aromatic heterocycles. The average molecular weight is 357 g/mol. The van der Waals surface area contributed by atoms with Crippen LogP contribution in [0.5, 0.6) is 0 Å². The summed E-state index contributed by atoms with van der Waals surface area (Å²) in [6.07, 6.45) is 1.63. The summed E-state index contributed by atoms with van der Waals surface area (Å²) in [5, 5.41) is 3.22. The van der Waals surface area contributed by atoms with Gasteiger partial charge in [0.25, 0.3) is 5.91 Å². The van der Waals surface area contributed by atoms with Crippen LogP contribution in [0.3, 0.4) is 0 Å². The van der Waals surface area contributed by atoms with Gasteiger partial charge in [-0.2, -0.15) is 0 Å². The van der Waals surface area contributed by atoms with Gasteiger partial charge in [-0.15, -0.1) is 0 Å². The van der Waals surface area contributed by atoms with E-state index in [1.807, 2.05) is 31.2 Å². The van der Waals surface area contributed by atoms with Crippen LogP contribution in [-0.2, 0) is 14.3 Å². The van der Waals surface area contributed by atoms with Crippen LogP contribution in [0.2, 0.25) is 0 Å². The highest BCUT2D eigenvalue weighted by Crippen LogP contribution is 2.31. The third kappa shape index (κ3) is 3.23. The Balaban J connectivity index is 1.53. The van der Waals surface area contributed by atoms with Crippen LogP contribution in [0.15, 0.2) is 24.3 Å². The van der Waals surface area contributed by atoms with Crippen molar-refractivity contribution in [2.75, 3.05) is 33.3 Å². The second-order valence-electron chi connectivity index (χ2n) is 7.84. The van der Waals surface area contributed by atoms with E-state index in [2.05, 4.69) is 10.2 Å². The fourth-order valence-corrected chi connectivity index (χ4v) is 4.49. The minimum Gasteiger partial charge on any atom is -0.356 e. The molecule has 3 atom stereocenters. The van der Waals surface area contributed by atoms with Gasteiger partial charge in [0.2, 0.25) is 5.91 Å². The zero-order valence-corrected chi connectivity index (χ0v) is 15.5. The van der Waals surface area contributed by atoms with Gasteiger partial charge in [-0.3, -0.25) is 9.59 Å². The van der Waals surface area contributed by atoms with Gasteiger partial charge >= 0.3 is 0 Å². The number of ether oxygens (including phenoxy) is 1. The first-order valence-electron chi connectivity index (χ1n) is 9.49. The Labute approximate surface area is 154 Å². The van der Waals surface area contributed by atoms with E-state index in [9.17, 15) is 9.59 Å². The van der Waals surface area contributed by atoms with Crippen LogP contribution in [0.4, 0.5) is 0 Å². The summed E-state index contributed by atoms with van der Waals surface area (Å²) in [4.78, 5) is 29.3. The van der Waals surface area contributed by atoms with E-state index in [0.29, 0.717) is 5.92 Å². The van der Waals surface area contributed by atoms with E-state index in [4.69, 9.17) is 4.74 Å². The molecule has 2 amide bonds. The first kappa shape index (κ1) is 17.5. The van der Waals surface area contributed by atoms with E-state index in [1.54, 1.807) is 11.9 Å². The van der Waals surface area contributed by atoms with E-state index < -0.39 is 12.1 Å². The number of nitrogens with zero attached hydrogens (tertiary/aromatic N) is 2. The normalized spacial score (nSPS) is 34.0. The van der Waals surface area contributed by atoms with Crippen molar-refractivity contribution in [2.45, 2.75) is 38.0 Å². The number of rotatable bonds is 3. The largest absolute Gasteiger partial charge is 0.356 e. The van der Waals surface area contributed by atoms with Crippen molar-refractivity contribution in [3.8, 4) is 0 Å². The molecular weight excluding hydrogens is 330 g/mol. The molecule has 1 aromatic rings. The zero-order valence-electron chi connectivity index (χ0n) is 15.5. The molecule has 1 N–H and O–H groups in total. The lowest BCUT2D eigenvalue weighted by atomic mass is 9.84. The lowest BCUT2D eigenvalue weighted by Crippen LogP contribution is -2.60. The fraction of sp³-hybridized carbons (Fsp3) is 0.600. The van der Waals surface area contributed by atoms with Crippen LogP contribution in [0, 0.1) is 12.8 Å². The maximum atomic E-state index is 13.1. The lowest BCUT2D eigenvalue weighted by molar-refractivity contribution is -0.163. The number of likely N-dealkylation sites (N-methyl/N-ethyl adjacent to an activating group) is 1. The van der Waals surface area contributed by atoms with Gasteiger partial charge in [0.1, 0.15) is 6.61 Å². The molecule has 0 spiro atoms. The van der Waals surface area contributed by atoms with E-state index >= 15 is 0 Å². The first-order chi connectivity index (χ1) is 12.5. The number of hydrogen-bond donors (Lipinski definition) is 1. The minimum atomic E-state index is -0.671. The maximum Gasteiger partial charge on any atom is 0.251 e. The number of fused-ring (bicyclic) bond motifs is 3. The van der Waals surface area contributed by atoms with Crippen LogP contribution in [0.1, 0.15) is 30.0 Å². The number of benzene rings is 1. The Hall–Kier alpha value is -1.92. The molecule has 4 fully saturated rings. The molecular formula is C20H27N3O3. The van der Waals surface area contributed by atoms with Crippen molar-refractivity contribution in [1.29, 1.82) is 0 Å². The Kier molecular flexibility index (Phi) is 4.71. The molecule has 26 heavy (non-hydrogen) atoms. The molecule has 4 aliphatic rings. The Bertz CT molecular complexity index is 682. The third-order valence-corrected chi connectivity index (χ3v) is 6.14. The molecule has 0 saturated carbocycles. The van der Waals surface area contributed by atoms with Crippen LogP contribution in [-0.4, -0.2) is 67.0 Å². The molecule has 1 aromatic carbocycles. The van der Waals surface area contributed by atoms with Crippen LogP contribution < -0.4 is 5.32 Å². The van der Waals surface area contributed by atoms with Crippen LogP contribution in [0.25, 0.3) is 0 Å². The van der Waals surface area contributed by atoms with Gasteiger partial charge in [-0.25, -0.2) is 0 Å². The van der Waals surface area contributed by atoms with Crippen molar-refractivity contribution in [3.05, 3.63) is 35.4 Å². The third-order valence-electron chi connectivity index (χ3n) is 6.14. The number of nitrogens with one attached hydrogen (secondary N) is 1. The molecule has 0 radical (unpaired) electrons. The summed E-state index contributed by atoms with van der Waals surface area (Å²) in [6, 6.07) is 7.77. The van der Waals surface area contributed by atoms with Gasteiger partial charge in [0.15, 0.2) is 6.10 Å². The number of amides is 2. The average Bonchev–Trinajstić information content (AvgIpc) is 2.65. The van der Waals surface area contributed by atoms with Gasteiger partial charge in [0.05, 0.1) is 6.04 Å². The molecule has 3 unspecified atom stereocenters. The monoisotopic (exact) mass is 357 g/mol. The highest BCUT2D eigenvalue weighted by molar-refractivity contribution is 5.86. The Morgan fingerprint density at radius 3 is 2.50 bits per heavy atom. The molecule has 4 heterocycles. The predicted molar refractivity (Wildman–Crippen MR) is 97.5 cm³/mol. The van der Waals surface area contributed by atoms with Gasteiger partial charge in [0, 0.05) is 19.6 Å². The molecule has 140 valence electrons. The predicted octanol–water partition coefficient (Wildman–Crippen LogP) is 1.10. The van der Waals surface area contributed by atoms with Crippen molar-refractivity contribution in [2.24, 2.45) is 5.92 Å². The van der Waals surface area contributed by atoms with Crippen molar-refractivity contribution < 1.29 is 14.3 Å². The second-order valence-corrected chi connectivity index (χ2v) is 7.84. The van der Waals surface area contributed by atoms with E-state index in [1.165, 1.54) is 0 Å². The lowest BCUT2D eigenvalue weighted by Gasteiger charge is -2.46.